The molecule has 0 radical (unpaired) electrons. The first kappa shape index (κ1) is 11.1. The van der Waals surface area contributed by atoms with Crippen LogP contribution in [0.5, 0.6) is 0 Å². The van der Waals surface area contributed by atoms with Crippen molar-refractivity contribution in [2.75, 3.05) is 0 Å². The zero-order chi connectivity index (χ0) is 12.3. The van der Waals surface area contributed by atoms with Gasteiger partial charge in [-0.2, -0.15) is 0 Å². The van der Waals surface area contributed by atoms with Gasteiger partial charge in [0.15, 0.2) is 0 Å². The molecular weight excluding hydrogens is 218 g/mol. The maximum Gasteiger partial charge on any atom is 0.336 e. The van der Waals surface area contributed by atoms with Crippen molar-refractivity contribution in [1.82, 2.24) is 4.57 Å². The molecule has 86 valence electrons. The van der Waals surface area contributed by atoms with Crippen molar-refractivity contribution in [2.24, 2.45) is 0 Å². The Bertz CT molecular complexity index is 601. The Hall–Kier alpha value is -2.36. The fourth-order valence-corrected chi connectivity index (χ4v) is 1.64. The van der Waals surface area contributed by atoms with Crippen LogP contribution in [0.2, 0.25) is 0 Å². The zero-order valence-electron chi connectivity index (χ0n) is 9.04. The Balaban J connectivity index is 2.40. The highest BCUT2D eigenvalue weighted by Gasteiger charge is 2.09. The number of carbonyl (C=O) groups is 1. The van der Waals surface area contributed by atoms with Crippen LogP contribution < -0.4 is 5.56 Å². The van der Waals surface area contributed by atoms with Crippen molar-refractivity contribution >= 4 is 5.97 Å². The van der Waals surface area contributed by atoms with Gasteiger partial charge in [0, 0.05) is 12.3 Å². The van der Waals surface area contributed by atoms with Gasteiger partial charge in [-0.3, -0.25) is 4.79 Å². The summed E-state index contributed by atoms with van der Waals surface area (Å²) < 4.78 is 1.47. The van der Waals surface area contributed by atoms with Crippen LogP contribution >= 0.6 is 0 Å². The Kier molecular flexibility index (Phi) is 3.05. The first-order valence-electron chi connectivity index (χ1n) is 5.15. The van der Waals surface area contributed by atoms with Crippen molar-refractivity contribution < 1.29 is 9.90 Å². The van der Waals surface area contributed by atoms with Gasteiger partial charge in [0.1, 0.15) is 0 Å². The van der Waals surface area contributed by atoms with Crippen molar-refractivity contribution in [2.45, 2.75) is 6.54 Å². The standard InChI is InChI=1S/C13H11NO3/c15-12-7-3-4-8-14(12)9-10-5-1-2-6-11(10)13(16)17/h1-8H,9H2,(H,16,17). The zero-order valence-corrected chi connectivity index (χ0v) is 9.04. The minimum atomic E-state index is -0.982. The highest BCUT2D eigenvalue weighted by molar-refractivity contribution is 5.89. The van der Waals surface area contributed by atoms with Gasteiger partial charge in [0.05, 0.1) is 12.1 Å². The minimum absolute atomic E-state index is 0.146. The van der Waals surface area contributed by atoms with Gasteiger partial charge < -0.3 is 9.67 Å². The number of pyridine rings is 1. The van der Waals surface area contributed by atoms with Gasteiger partial charge in [-0.25, -0.2) is 4.79 Å². The van der Waals surface area contributed by atoms with Crippen LogP contribution in [0.25, 0.3) is 0 Å². The molecule has 0 aliphatic carbocycles. The molecule has 0 spiro atoms. The largest absolute Gasteiger partial charge is 0.478 e. The highest BCUT2D eigenvalue weighted by Crippen LogP contribution is 2.09. The van der Waals surface area contributed by atoms with Gasteiger partial charge in [-0.05, 0) is 17.7 Å². The minimum Gasteiger partial charge on any atom is -0.478 e. The third-order valence-electron chi connectivity index (χ3n) is 2.49. The number of benzene rings is 1. The molecule has 17 heavy (non-hydrogen) atoms. The molecule has 4 heteroatoms. The lowest BCUT2D eigenvalue weighted by atomic mass is 10.1. The van der Waals surface area contributed by atoms with Crippen LogP contribution in [-0.2, 0) is 6.54 Å². The number of carboxylic acids is 1. The Morgan fingerprint density at radius 3 is 2.53 bits per heavy atom. The molecule has 0 saturated carbocycles. The number of hydrogen-bond donors (Lipinski definition) is 1. The average Bonchev–Trinajstić information content (AvgIpc) is 2.32. The summed E-state index contributed by atoms with van der Waals surface area (Å²) in [6, 6.07) is 11.5. The normalized spacial score (nSPS) is 10.1. The monoisotopic (exact) mass is 229 g/mol. The third-order valence-corrected chi connectivity index (χ3v) is 2.49. The summed E-state index contributed by atoms with van der Waals surface area (Å²) in [5.74, 6) is -0.982. The summed E-state index contributed by atoms with van der Waals surface area (Å²) in [6.07, 6.45) is 1.64. The van der Waals surface area contributed by atoms with Crippen molar-refractivity contribution in [1.29, 1.82) is 0 Å². The number of nitrogens with zero attached hydrogens (tertiary/aromatic N) is 1. The first-order chi connectivity index (χ1) is 8.18. The fraction of sp³-hybridized carbons (Fsp3) is 0.0769. The second kappa shape index (κ2) is 4.65. The highest BCUT2D eigenvalue weighted by atomic mass is 16.4. The topological polar surface area (TPSA) is 59.3 Å². The predicted molar refractivity (Wildman–Crippen MR) is 63.2 cm³/mol. The Labute approximate surface area is 97.8 Å². The summed E-state index contributed by atoms with van der Waals surface area (Å²) in [5.41, 5.74) is 0.698. The summed E-state index contributed by atoms with van der Waals surface area (Å²) in [4.78, 5) is 22.5. The fourth-order valence-electron chi connectivity index (χ4n) is 1.64. The van der Waals surface area contributed by atoms with E-state index in [1.54, 1.807) is 36.5 Å². The van der Waals surface area contributed by atoms with Crippen LogP contribution in [0.3, 0.4) is 0 Å². The molecule has 2 rings (SSSR count). The molecule has 0 unspecified atom stereocenters. The van der Waals surface area contributed by atoms with Gasteiger partial charge in [0.25, 0.3) is 5.56 Å². The molecule has 1 aromatic heterocycles. The van der Waals surface area contributed by atoms with Crippen LogP contribution in [0.1, 0.15) is 15.9 Å². The molecule has 2 aromatic rings. The second-order valence-electron chi connectivity index (χ2n) is 3.63. The summed E-state index contributed by atoms with van der Waals surface area (Å²) >= 11 is 0. The molecule has 0 amide bonds. The molecule has 0 bridgehead atoms. The van der Waals surface area contributed by atoms with Crippen molar-refractivity contribution in [3.05, 3.63) is 70.1 Å². The van der Waals surface area contributed by atoms with E-state index >= 15 is 0 Å². The van der Waals surface area contributed by atoms with Gasteiger partial charge in [-0.1, -0.05) is 24.3 Å². The van der Waals surface area contributed by atoms with E-state index in [0.717, 1.165) is 0 Å². The number of aromatic carboxylic acids is 1. The van der Waals surface area contributed by atoms with Crippen molar-refractivity contribution in [3.8, 4) is 0 Å². The molecule has 0 atom stereocenters. The van der Waals surface area contributed by atoms with E-state index in [4.69, 9.17) is 5.11 Å². The maximum absolute atomic E-state index is 11.5. The lowest BCUT2D eigenvalue weighted by molar-refractivity contribution is 0.0695. The van der Waals surface area contributed by atoms with Gasteiger partial charge in [0.2, 0.25) is 0 Å². The van der Waals surface area contributed by atoms with Crippen LogP contribution in [0.4, 0.5) is 0 Å². The molecule has 0 aliphatic heterocycles. The van der Waals surface area contributed by atoms with E-state index in [0.29, 0.717) is 5.56 Å². The SMILES string of the molecule is O=C(O)c1ccccc1Cn1ccccc1=O. The Morgan fingerprint density at radius 1 is 1.12 bits per heavy atom. The molecule has 1 N–H and O–H groups in total. The lowest BCUT2D eigenvalue weighted by Crippen LogP contribution is -2.19. The molecule has 0 aliphatic rings. The lowest BCUT2D eigenvalue weighted by Gasteiger charge is -2.07. The number of carboxylic acid groups (broad SMARTS) is 1. The van der Waals surface area contributed by atoms with E-state index in [2.05, 4.69) is 0 Å². The number of rotatable bonds is 3. The van der Waals surface area contributed by atoms with Crippen LogP contribution in [0, 0.1) is 0 Å². The molecule has 1 heterocycles. The molecule has 4 nitrogen and oxygen atoms in total. The quantitative estimate of drug-likeness (QED) is 0.869. The average molecular weight is 229 g/mol. The maximum atomic E-state index is 11.5. The third kappa shape index (κ3) is 2.42. The second-order valence-corrected chi connectivity index (χ2v) is 3.63. The molecule has 0 saturated heterocycles. The summed E-state index contributed by atoms with van der Waals surface area (Å²) in [6.45, 7) is 0.266. The molecule has 1 aromatic carbocycles. The van der Waals surface area contributed by atoms with E-state index < -0.39 is 5.97 Å². The van der Waals surface area contributed by atoms with Crippen LogP contribution in [0.15, 0.2) is 53.5 Å². The summed E-state index contributed by atoms with van der Waals surface area (Å²) in [5, 5.41) is 9.03. The van der Waals surface area contributed by atoms with E-state index in [-0.39, 0.29) is 17.7 Å². The molecular formula is C13H11NO3. The molecule has 0 fully saturated rings. The number of aromatic nitrogens is 1. The Morgan fingerprint density at radius 2 is 1.82 bits per heavy atom. The van der Waals surface area contributed by atoms with Crippen LogP contribution in [-0.4, -0.2) is 15.6 Å². The van der Waals surface area contributed by atoms with Gasteiger partial charge >= 0.3 is 5.97 Å². The predicted octanol–water partition coefficient (Wildman–Crippen LogP) is 1.59. The number of hydrogen-bond acceptors (Lipinski definition) is 2. The van der Waals surface area contributed by atoms with E-state index in [1.165, 1.54) is 16.7 Å². The smallest absolute Gasteiger partial charge is 0.336 e. The van der Waals surface area contributed by atoms with Gasteiger partial charge in [-0.15, -0.1) is 0 Å². The van der Waals surface area contributed by atoms with E-state index in [9.17, 15) is 9.59 Å². The first-order valence-corrected chi connectivity index (χ1v) is 5.15. The van der Waals surface area contributed by atoms with Crippen molar-refractivity contribution in [3.63, 3.8) is 0 Å². The van der Waals surface area contributed by atoms with E-state index in [1.807, 2.05) is 0 Å². The summed E-state index contributed by atoms with van der Waals surface area (Å²) in [7, 11) is 0.